The molecule has 7 nitrogen and oxygen atoms in total. The van der Waals surface area contributed by atoms with Crippen LogP contribution in [0.4, 0.5) is 5.69 Å². The molecule has 0 unspecified atom stereocenters. The first kappa shape index (κ1) is 18.0. The van der Waals surface area contributed by atoms with Gasteiger partial charge in [0.2, 0.25) is 0 Å². The predicted octanol–water partition coefficient (Wildman–Crippen LogP) is 1.54. The van der Waals surface area contributed by atoms with Crippen LogP contribution in [-0.2, 0) is 9.59 Å². The van der Waals surface area contributed by atoms with Gasteiger partial charge in [0.05, 0.1) is 0 Å². The summed E-state index contributed by atoms with van der Waals surface area (Å²) in [5.74, 6) is -1.34. The zero-order valence-electron chi connectivity index (χ0n) is 13.6. The van der Waals surface area contributed by atoms with Crippen LogP contribution in [0.1, 0.15) is 10.4 Å². The van der Waals surface area contributed by atoms with Gasteiger partial charge in [0.15, 0.2) is 6.61 Å². The second kappa shape index (κ2) is 8.49. The first-order valence-electron chi connectivity index (χ1n) is 7.52. The fourth-order valence-corrected chi connectivity index (χ4v) is 2.03. The summed E-state index contributed by atoms with van der Waals surface area (Å²) in [6, 6.07) is 15.6. The monoisotopic (exact) mass is 342 g/mol. The second-order valence-electron chi connectivity index (χ2n) is 5.18. The zero-order valence-corrected chi connectivity index (χ0v) is 13.6. The number of ether oxygens (including phenoxy) is 1. The number of benzene rings is 2. The normalized spacial score (nSPS) is 9.96. The summed E-state index contributed by atoms with van der Waals surface area (Å²) in [6.07, 6.45) is 0. The van der Waals surface area contributed by atoms with E-state index in [0.29, 0.717) is 17.0 Å². The average Bonchev–Trinajstić information content (AvgIpc) is 2.64. The Labute approximate surface area is 144 Å². The fraction of sp³-hybridized carbons (Fsp3) is 0.167. The molecule has 130 valence electrons. The predicted molar refractivity (Wildman–Crippen MR) is 91.8 cm³/mol. The highest BCUT2D eigenvalue weighted by molar-refractivity contribution is 6.05. The van der Waals surface area contributed by atoms with Crippen LogP contribution in [0, 0.1) is 0 Å². The molecule has 2 aromatic carbocycles. The molecule has 0 fully saturated rings. The van der Waals surface area contributed by atoms with Gasteiger partial charge in [-0.15, -0.1) is 0 Å². The van der Waals surface area contributed by atoms with Gasteiger partial charge in [-0.25, -0.2) is 0 Å². The molecule has 0 aliphatic heterocycles. The van der Waals surface area contributed by atoms with Gasteiger partial charge in [0.25, 0.3) is 11.8 Å². The number of carboxylic acids is 1. The lowest BCUT2D eigenvalue weighted by atomic mass is 10.2. The summed E-state index contributed by atoms with van der Waals surface area (Å²) in [7, 11) is 1.67. The Bertz CT molecular complexity index is 744. The molecule has 2 N–H and O–H groups in total. The lowest BCUT2D eigenvalue weighted by Crippen LogP contribution is -2.33. The van der Waals surface area contributed by atoms with E-state index in [0.717, 1.165) is 0 Å². The highest BCUT2D eigenvalue weighted by atomic mass is 16.5. The van der Waals surface area contributed by atoms with Crippen molar-refractivity contribution in [1.82, 2.24) is 5.32 Å². The number of carbonyl (C=O) groups excluding carboxylic acids is 2. The fourth-order valence-electron chi connectivity index (χ4n) is 2.03. The lowest BCUT2D eigenvalue weighted by molar-refractivity contribution is -0.138. The third-order valence-corrected chi connectivity index (χ3v) is 3.36. The minimum absolute atomic E-state index is 0.137. The van der Waals surface area contributed by atoms with Gasteiger partial charge in [-0.05, 0) is 36.4 Å². The first-order valence-corrected chi connectivity index (χ1v) is 7.52. The van der Waals surface area contributed by atoms with Gasteiger partial charge < -0.3 is 20.1 Å². The number of carboxylic acid groups (broad SMARTS) is 1. The summed E-state index contributed by atoms with van der Waals surface area (Å²) in [5.41, 5.74) is 1.26. The maximum Gasteiger partial charge on any atom is 0.322 e. The van der Waals surface area contributed by atoms with Crippen LogP contribution in [0.25, 0.3) is 0 Å². The maximum absolute atomic E-state index is 12.4. The van der Waals surface area contributed by atoms with E-state index in [1.165, 1.54) is 4.90 Å². The van der Waals surface area contributed by atoms with E-state index in [1.54, 1.807) is 55.6 Å². The molecule has 2 aromatic rings. The number of nitrogens with one attached hydrogen (secondary N) is 1. The molecule has 0 radical (unpaired) electrons. The molecule has 0 bridgehead atoms. The molecular formula is C18H18N2O5. The van der Waals surface area contributed by atoms with Crippen molar-refractivity contribution in [1.29, 1.82) is 0 Å². The van der Waals surface area contributed by atoms with E-state index in [2.05, 4.69) is 5.32 Å². The molecule has 0 heterocycles. The van der Waals surface area contributed by atoms with Crippen LogP contribution in [0.15, 0.2) is 54.6 Å². The Morgan fingerprint density at radius 3 is 2.28 bits per heavy atom. The molecule has 7 heteroatoms. The van der Waals surface area contributed by atoms with Gasteiger partial charge in [0, 0.05) is 18.3 Å². The van der Waals surface area contributed by atoms with Gasteiger partial charge >= 0.3 is 5.97 Å². The smallest absolute Gasteiger partial charge is 0.322 e. The summed E-state index contributed by atoms with van der Waals surface area (Å²) < 4.78 is 5.27. The number of anilines is 1. The van der Waals surface area contributed by atoms with Crippen LogP contribution in [0.3, 0.4) is 0 Å². The van der Waals surface area contributed by atoms with E-state index in [4.69, 9.17) is 9.84 Å². The van der Waals surface area contributed by atoms with Crippen molar-refractivity contribution < 1.29 is 24.2 Å². The van der Waals surface area contributed by atoms with E-state index in [-0.39, 0.29) is 12.5 Å². The molecule has 0 aromatic heterocycles. The van der Waals surface area contributed by atoms with E-state index >= 15 is 0 Å². The lowest BCUT2D eigenvalue weighted by Gasteiger charge is -2.18. The van der Waals surface area contributed by atoms with Crippen molar-refractivity contribution in [3.8, 4) is 5.75 Å². The van der Waals surface area contributed by atoms with E-state index in [1.807, 2.05) is 6.07 Å². The number of amides is 2. The quantitative estimate of drug-likeness (QED) is 0.796. The molecule has 0 aliphatic rings. The van der Waals surface area contributed by atoms with E-state index in [9.17, 15) is 14.4 Å². The number of rotatable bonds is 7. The van der Waals surface area contributed by atoms with Gasteiger partial charge in [-0.1, -0.05) is 18.2 Å². The Kier molecular flexibility index (Phi) is 6.11. The molecule has 2 rings (SSSR count). The number of hydrogen-bond donors (Lipinski definition) is 2. The number of nitrogens with zero attached hydrogens (tertiary/aromatic N) is 1. The van der Waals surface area contributed by atoms with Crippen LogP contribution >= 0.6 is 0 Å². The van der Waals surface area contributed by atoms with Gasteiger partial charge in [-0.2, -0.15) is 0 Å². The minimum Gasteiger partial charge on any atom is -0.484 e. The topological polar surface area (TPSA) is 95.9 Å². The van der Waals surface area contributed by atoms with Gasteiger partial charge in [0.1, 0.15) is 12.3 Å². The van der Waals surface area contributed by atoms with Crippen LogP contribution < -0.4 is 15.0 Å². The number of carbonyl (C=O) groups is 3. The Morgan fingerprint density at radius 2 is 1.68 bits per heavy atom. The van der Waals surface area contributed by atoms with Crippen LogP contribution in [-0.4, -0.2) is 43.1 Å². The SMILES string of the molecule is CN(C(=O)c1ccccc1)c1ccc(OCC(=O)NCC(=O)O)cc1. The standard InChI is InChI=1S/C18H18N2O5/c1-20(18(24)13-5-3-2-4-6-13)14-7-9-15(10-8-14)25-12-16(21)19-11-17(22)23/h2-10H,11-12H2,1H3,(H,19,21)(H,22,23). The zero-order chi connectivity index (χ0) is 18.2. The van der Waals surface area contributed by atoms with Crippen molar-refractivity contribution in [2.24, 2.45) is 0 Å². The summed E-state index contributed by atoms with van der Waals surface area (Å²) >= 11 is 0. The number of aliphatic carboxylic acids is 1. The third kappa shape index (κ3) is 5.35. The van der Waals surface area contributed by atoms with Crippen molar-refractivity contribution in [2.75, 3.05) is 25.1 Å². The van der Waals surface area contributed by atoms with Crippen molar-refractivity contribution >= 4 is 23.5 Å². The molecule has 0 saturated heterocycles. The molecule has 0 aliphatic carbocycles. The minimum atomic E-state index is -1.12. The molecule has 0 atom stereocenters. The van der Waals surface area contributed by atoms with Crippen molar-refractivity contribution in [3.63, 3.8) is 0 Å². The Morgan fingerprint density at radius 1 is 1.04 bits per heavy atom. The van der Waals surface area contributed by atoms with E-state index < -0.39 is 18.4 Å². The van der Waals surface area contributed by atoms with Gasteiger partial charge in [-0.3, -0.25) is 14.4 Å². The van der Waals surface area contributed by atoms with Crippen molar-refractivity contribution in [2.45, 2.75) is 0 Å². The van der Waals surface area contributed by atoms with Crippen molar-refractivity contribution in [3.05, 3.63) is 60.2 Å². The highest BCUT2D eigenvalue weighted by Gasteiger charge is 2.13. The highest BCUT2D eigenvalue weighted by Crippen LogP contribution is 2.20. The molecule has 0 saturated carbocycles. The summed E-state index contributed by atoms with van der Waals surface area (Å²) in [4.78, 5) is 35.6. The Hall–Kier alpha value is -3.35. The Balaban J connectivity index is 1.92. The molecule has 2 amide bonds. The molecule has 25 heavy (non-hydrogen) atoms. The third-order valence-electron chi connectivity index (χ3n) is 3.36. The summed E-state index contributed by atoms with van der Waals surface area (Å²) in [5, 5.41) is 10.7. The molecule has 0 spiro atoms. The molecular weight excluding hydrogens is 324 g/mol. The van der Waals surface area contributed by atoms with Crippen LogP contribution in [0.5, 0.6) is 5.75 Å². The largest absolute Gasteiger partial charge is 0.484 e. The first-order chi connectivity index (χ1) is 12.0. The van der Waals surface area contributed by atoms with Crippen LogP contribution in [0.2, 0.25) is 0 Å². The second-order valence-corrected chi connectivity index (χ2v) is 5.18. The average molecular weight is 342 g/mol. The summed E-state index contributed by atoms with van der Waals surface area (Å²) in [6.45, 7) is -0.737. The maximum atomic E-state index is 12.4. The number of hydrogen-bond acceptors (Lipinski definition) is 4.